The van der Waals surface area contributed by atoms with Crippen molar-refractivity contribution in [1.29, 1.82) is 0 Å². The van der Waals surface area contributed by atoms with Gasteiger partial charge in [0.15, 0.2) is 0 Å². The van der Waals surface area contributed by atoms with Gasteiger partial charge in [0.1, 0.15) is 12.1 Å². The largest absolute Gasteiger partial charge is 0.384 e. The van der Waals surface area contributed by atoms with Crippen LogP contribution in [0.1, 0.15) is 67.1 Å². The van der Waals surface area contributed by atoms with Crippen molar-refractivity contribution >= 4 is 11.7 Å². The van der Waals surface area contributed by atoms with Gasteiger partial charge in [-0.3, -0.25) is 4.79 Å². The minimum Gasteiger partial charge on any atom is -0.384 e. The molecule has 5 rings (SSSR count). The Morgan fingerprint density at radius 2 is 1.68 bits per heavy atom. The highest BCUT2D eigenvalue weighted by Crippen LogP contribution is 2.34. The summed E-state index contributed by atoms with van der Waals surface area (Å²) in [6, 6.07) is 10.4. The van der Waals surface area contributed by atoms with Gasteiger partial charge in [-0.1, -0.05) is 25.8 Å². The maximum Gasteiger partial charge on any atom is 0.254 e. The molecule has 0 aliphatic carbocycles. The lowest BCUT2D eigenvalue weighted by Gasteiger charge is -2.38. The predicted octanol–water partition coefficient (Wildman–Crippen LogP) is 5.14. The van der Waals surface area contributed by atoms with E-state index in [9.17, 15) is 4.79 Å². The highest BCUT2D eigenvalue weighted by Gasteiger charge is 2.28. The SMILES string of the molecule is CCc1ncnc(-c2ccc(C(=O)N3CCC(N4CCCCCC4)CC3)c(C)c2)c1-c1ccc(N)nc1. The van der Waals surface area contributed by atoms with Gasteiger partial charge in [0.2, 0.25) is 0 Å². The van der Waals surface area contributed by atoms with Crippen molar-refractivity contribution in [2.24, 2.45) is 0 Å². The van der Waals surface area contributed by atoms with Crippen LogP contribution in [0.3, 0.4) is 0 Å². The van der Waals surface area contributed by atoms with Gasteiger partial charge >= 0.3 is 0 Å². The lowest BCUT2D eigenvalue weighted by molar-refractivity contribution is 0.0622. The normalized spacial score (nSPS) is 17.5. The second-order valence-electron chi connectivity index (χ2n) is 10.4. The highest BCUT2D eigenvalue weighted by atomic mass is 16.2. The number of nitrogen functional groups attached to an aromatic ring is 1. The van der Waals surface area contributed by atoms with Crippen molar-refractivity contribution in [2.45, 2.75) is 64.8 Å². The molecular weight excluding hydrogens is 460 g/mol. The van der Waals surface area contributed by atoms with E-state index in [1.54, 1.807) is 18.6 Å². The molecule has 0 spiro atoms. The Morgan fingerprint density at radius 1 is 0.946 bits per heavy atom. The van der Waals surface area contributed by atoms with E-state index in [1.807, 2.05) is 30.0 Å². The quantitative estimate of drug-likeness (QED) is 0.524. The third-order valence-corrected chi connectivity index (χ3v) is 7.97. The standard InChI is InChI=1S/C30H38N6O/c1-3-26-28(23-9-11-27(31)32-19-23)29(34-20-33-26)22-8-10-25(21(2)18-22)30(37)36-16-12-24(13-17-36)35-14-6-4-5-7-15-35/h8-11,18-20,24H,3-7,12-17H2,1-2H3,(H2,31,32). The molecule has 4 heterocycles. The average Bonchev–Trinajstić information content (AvgIpc) is 3.22. The monoisotopic (exact) mass is 498 g/mol. The van der Waals surface area contributed by atoms with Crippen molar-refractivity contribution in [3.05, 3.63) is 59.7 Å². The summed E-state index contributed by atoms with van der Waals surface area (Å²) < 4.78 is 0. The van der Waals surface area contributed by atoms with Crippen molar-refractivity contribution in [3.63, 3.8) is 0 Å². The van der Waals surface area contributed by atoms with E-state index in [1.165, 1.54) is 38.8 Å². The summed E-state index contributed by atoms with van der Waals surface area (Å²) in [5.74, 6) is 0.618. The molecule has 7 heteroatoms. The molecule has 0 radical (unpaired) electrons. The van der Waals surface area contributed by atoms with Crippen LogP contribution in [0.5, 0.6) is 0 Å². The number of hydrogen-bond donors (Lipinski definition) is 1. The summed E-state index contributed by atoms with van der Waals surface area (Å²) >= 11 is 0. The summed E-state index contributed by atoms with van der Waals surface area (Å²) in [6.45, 7) is 8.21. The van der Waals surface area contributed by atoms with E-state index in [0.29, 0.717) is 11.9 Å². The number of anilines is 1. The summed E-state index contributed by atoms with van der Waals surface area (Å²) in [7, 11) is 0. The molecule has 7 nitrogen and oxygen atoms in total. The van der Waals surface area contributed by atoms with Crippen LogP contribution in [0, 0.1) is 6.92 Å². The maximum atomic E-state index is 13.5. The molecule has 0 saturated carbocycles. The highest BCUT2D eigenvalue weighted by molar-refractivity contribution is 5.96. The Hall–Kier alpha value is -3.32. The molecule has 2 saturated heterocycles. The molecule has 2 fully saturated rings. The lowest BCUT2D eigenvalue weighted by atomic mass is 9.95. The van der Waals surface area contributed by atoms with Crippen LogP contribution in [0.4, 0.5) is 5.82 Å². The van der Waals surface area contributed by atoms with Gasteiger partial charge in [-0.25, -0.2) is 15.0 Å². The number of rotatable bonds is 5. The third-order valence-electron chi connectivity index (χ3n) is 7.97. The van der Waals surface area contributed by atoms with Crippen LogP contribution < -0.4 is 5.73 Å². The summed E-state index contributed by atoms with van der Waals surface area (Å²) in [6.07, 6.45) is 11.7. The predicted molar refractivity (Wildman–Crippen MR) is 148 cm³/mol. The van der Waals surface area contributed by atoms with Gasteiger partial charge in [0, 0.05) is 47.6 Å². The number of aryl methyl sites for hydroxylation is 2. The minimum absolute atomic E-state index is 0.137. The summed E-state index contributed by atoms with van der Waals surface area (Å²) in [4.78, 5) is 31.7. The fraction of sp³-hybridized carbons (Fsp3) is 0.467. The van der Waals surface area contributed by atoms with Crippen molar-refractivity contribution in [2.75, 3.05) is 31.9 Å². The average molecular weight is 499 g/mol. The Morgan fingerprint density at radius 3 is 2.32 bits per heavy atom. The number of aromatic nitrogens is 3. The van der Waals surface area contributed by atoms with Gasteiger partial charge in [0.25, 0.3) is 5.91 Å². The second kappa shape index (κ2) is 11.4. The topological polar surface area (TPSA) is 88.2 Å². The molecule has 0 unspecified atom stereocenters. The lowest BCUT2D eigenvalue weighted by Crippen LogP contribution is -2.47. The molecule has 0 bridgehead atoms. The zero-order valence-corrected chi connectivity index (χ0v) is 22.1. The fourth-order valence-corrected chi connectivity index (χ4v) is 5.88. The minimum atomic E-state index is 0.137. The van der Waals surface area contributed by atoms with E-state index in [0.717, 1.165) is 71.6 Å². The number of carbonyl (C=O) groups excluding carboxylic acids is 1. The van der Waals surface area contributed by atoms with E-state index < -0.39 is 0 Å². The number of amides is 1. The van der Waals surface area contributed by atoms with Crippen LogP contribution in [0.15, 0.2) is 42.9 Å². The zero-order chi connectivity index (χ0) is 25.8. The first kappa shape index (κ1) is 25.3. The van der Waals surface area contributed by atoms with Crippen LogP contribution in [-0.2, 0) is 6.42 Å². The van der Waals surface area contributed by atoms with E-state index in [-0.39, 0.29) is 5.91 Å². The second-order valence-corrected chi connectivity index (χ2v) is 10.4. The Kier molecular flexibility index (Phi) is 7.79. The molecule has 1 amide bonds. The molecule has 3 aromatic rings. The van der Waals surface area contributed by atoms with E-state index in [2.05, 4.69) is 32.8 Å². The number of piperidine rings is 1. The molecule has 2 aromatic heterocycles. The molecule has 0 atom stereocenters. The Balaban J connectivity index is 1.35. The number of carbonyl (C=O) groups is 1. The molecule has 1 aromatic carbocycles. The first-order chi connectivity index (χ1) is 18.0. The number of pyridine rings is 1. The molecule has 194 valence electrons. The first-order valence-electron chi connectivity index (χ1n) is 13.7. The number of likely N-dealkylation sites (tertiary alicyclic amines) is 2. The number of nitrogens with zero attached hydrogens (tertiary/aromatic N) is 5. The number of benzene rings is 1. The first-order valence-corrected chi connectivity index (χ1v) is 13.7. The van der Waals surface area contributed by atoms with Gasteiger partial charge in [-0.05, 0) is 81.9 Å². The van der Waals surface area contributed by atoms with Gasteiger partial charge in [0.05, 0.1) is 11.4 Å². The molecule has 37 heavy (non-hydrogen) atoms. The number of hydrogen-bond acceptors (Lipinski definition) is 6. The summed E-state index contributed by atoms with van der Waals surface area (Å²) in [5, 5.41) is 0. The zero-order valence-electron chi connectivity index (χ0n) is 22.1. The van der Waals surface area contributed by atoms with Crippen LogP contribution in [-0.4, -0.2) is 62.9 Å². The molecular formula is C30H38N6O. The Bertz CT molecular complexity index is 1230. The molecule has 2 aliphatic rings. The summed E-state index contributed by atoms with van der Waals surface area (Å²) in [5.41, 5.74) is 12.2. The van der Waals surface area contributed by atoms with Gasteiger partial charge in [-0.2, -0.15) is 0 Å². The third kappa shape index (κ3) is 5.52. The smallest absolute Gasteiger partial charge is 0.254 e. The van der Waals surface area contributed by atoms with E-state index in [4.69, 9.17) is 5.73 Å². The Labute approximate surface area is 220 Å². The van der Waals surface area contributed by atoms with Crippen molar-refractivity contribution < 1.29 is 4.79 Å². The number of nitrogens with two attached hydrogens (primary N) is 1. The molecule has 2 N–H and O–H groups in total. The fourth-order valence-electron chi connectivity index (χ4n) is 5.88. The van der Waals surface area contributed by atoms with Crippen molar-refractivity contribution in [3.8, 4) is 22.4 Å². The molecule has 2 aliphatic heterocycles. The van der Waals surface area contributed by atoms with Crippen molar-refractivity contribution in [1.82, 2.24) is 24.8 Å². The van der Waals surface area contributed by atoms with Crippen LogP contribution in [0.25, 0.3) is 22.4 Å². The van der Waals surface area contributed by atoms with Crippen LogP contribution >= 0.6 is 0 Å². The van der Waals surface area contributed by atoms with Gasteiger partial charge in [-0.15, -0.1) is 0 Å². The van der Waals surface area contributed by atoms with E-state index >= 15 is 0 Å². The van der Waals surface area contributed by atoms with Gasteiger partial charge < -0.3 is 15.5 Å². The maximum absolute atomic E-state index is 13.5. The van der Waals surface area contributed by atoms with Crippen LogP contribution in [0.2, 0.25) is 0 Å².